The molecule has 0 amide bonds. The standard InChI is InChI=1S/C17H29N3O2/c1-7-17(5)12-20(8-9-22-17)14-10-13(11-21-6)18-15(19-14)16(2,3)4/h10H,7-9,11-12H2,1-6H3. The summed E-state index contributed by atoms with van der Waals surface area (Å²) in [6.45, 7) is 13.7. The first-order valence-electron chi connectivity index (χ1n) is 8.04. The summed E-state index contributed by atoms with van der Waals surface area (Å²) in [7, 11) is 1.70. The summed E-state index contributed by atoms with van der Waals surface area (Å²) in [5.74, 6) is 1.84. The maximum Gasteiger partial charge on any atom is 0.136 e. The molecule has 0 saturated carbocycles. The van der Waals surface area contributed by atoms with Crippen molar-refractivity contribution in [2.24, 2.45) is 0 Å². The zero-order valence-electron chi connectivity index (χ0n) is 14.8. The Morgan fingerprint density at radius 3 is 2.68 bits per heavy atom. The Bertz CT molecular complexity index is 513. The van der Waals surface area contributed by atoms with E-state index in [-0.39, 0.29) is 11.0 Å². The maximum atomic E-state index is 5.93. The summed E-state index contributed by atoms with van der Waals surface area (Å²) in [6.07, 6.45) is 0.992. The fourth-order valence-corrected chi connectivity index (χ4v) is 2.54. The van der Waals surface area contributed by atoms with Crippen LogP contribution in [-0.4, -0.2) is 42.4 Å². The van der Waals surface area contributed by atoms with Crippen LogP contribution in [0.1, 0.15) is 52.6 Å². The molecule has 124 valence electrons. The lowest BCUT2D eigenvalue weighted by atomic mass is 9.95. The zero-order chi connectivity index (χ0) is 16.4. The van der Waals surface area contributed by atoms with E-state index < -0.39 is 0 Å². The molecule has 22 heavy (non-hydrogen) atoms. The fraction of sp³-hybridized carbons (Fsp3) is 0.765. The first kappa shape index (κ1) is 17.2. The molecule has 1 aliphatic heterocycles. The van der Waals surface area contributed by atoms with Crippen LogP contribution in [0, 0.1) is 0 Å². The van der Waals surface area contributed by atoms with E-state index in [1.165, 1.54) is 0 Å². The van der Waals surface area contributed by atoms with Gasteiger partial charge in [-0.05, 0) is 13.3 Å². The third-order valence-corrected chi connectivity index (χ3v) is 4.14. The molecule has 1 aliphatic rings. The van der Waals surface area contributed by atoms with Gasteiger partial charge in [0.1, 0.15) is 11.6 Å². The van der Waals surface area contributed by atoms with Crippen molar-refractivity contribution in [2.75, 3.05) is 31.7 Å². The van der Waals surface area contributed by atoms with E-state index in [0.717, 1.165) is 43.5 Å². The van der Waals surface area contributed by atoms with Crippen molar-refractivity contribution in [3.05, 3.63) is 17.6 Å². The first-order chi connectivity index (χ1) is 10.3. The fourth-order valence-electron chi connectivity index (χ4n) is 2.54. The SMILES string of the molecule is CCC1(C)CN(c2cc(COC)nc(C(C)(C)C)n2)CCO1. The monoisotopic (exact) mass is 307 g/mol. The number of ether oxygens (including phenoxy) is 2. The number of rotatable bonds is 4. The highest BCUT2D eigenvalue weighted by molar-refractivity contribution is 5.41. The highest BCUT2D eigenvalue weighted by Crippen LogP contribution is 2.27. The minimum Gasteiger partial charge on any atom is -0.378 e. The van der Waals surface area contributed by atoms with Crippen LogP contribution >= 0.6 is 0 Å². The van der Waals surface area contributed by atoms with Gasteiger partial charge in [-0.15, -0.1) is 0 Å². The molecule has 0 N–H and O–H groups in total. The van der Waals surface area contributed by atoms with E-state index in [9.17, 15) is 0 Å². The highest BCUT2D eigenvalue weighted by atomic mass is 16.5. The molecule has 1 atom stereocenters. The summed E-state index contributed by atoms with van der Waals surface area (Å²) in [5, 5.41) is 0. The molecule has 0 radical (unpaired) electrons. The average Bonchev–Trinajstić information content (AvgIpc) is 2.46. The molecule has 2 rings (SSSR count). The van der Waals surface area contributed by atoms with Crippen LogP contribution in [0.25, 0.3) is 0 Å². The number of nitrogens with zero attached hydrogens (tertiary/aromatic N) is 3. The van der Waals surface area contributed by atoms with Crippen LogP contribution in [0.15, 0.2) is 6.07 Å². The number of aromatic nitrogens is 2. The van der Waals surface area contributed by atoms with Crippen molar-refractivity contribution in [3.8, 4) is 0 Å². The van der Waals surface area contributed by atoms with Crippen molar-refractivity contribution in [3.63, 3.8) is 0 Å². The predicted octanol–water partition coefficient (Wildman–Crippen LogP) is 2.93. The summed E-state index contributed by atoms with van der Waals surface area (Å²) in [5.41, 5.74) is 0.743. The Labute approximate surface area is 134 Å². The van der Waals surface area contributed by atoms with E-state index in [1.807, 2.05) is 6.07 Å². The summed E-state index contributed by atoms with van der Waals surface area (Å²) in [4.78, 5) is 11.8. The minimum atomic E-state index is -0.105. The van der Waals surface area contributed by atoms with Crippen molar-refractivity contribution >= 4 is 5.82 Å². The Kier molecular flexibility index (Phi) is 5.07. The second kappa shape index (κ2) is 6.50. The van der Waals surface area contributed by atoms with E-state index in [2.05, 4.69) is 44.5 Å². The Balaban J connectivity index is 2.35. The van der Waals surface area contributed by atoms with Crippen LogP contribution in [0.5, 0.6) is 0 Å². The third-order valence-electron chi connectivity index (χ3n) is 4.14. The normalized spacial score (nSPS) is 22.9. The molecule has 1 unspecified atom stereocenters. The molecule has 5 heteroatoms. The van der Waals surface area contributed by atoms with Gasteiger partial charge in [0, 0.05) is 31.7 Å². The number of anilines is 1. The molecule has 0 aliphatic carbocycles. The van der Waals surface area contributed by atoms with Gasteiger partial charge in [-0.3, -0.25) is 0 Å². The Hall–Kier alpha value is -1.20. The number of hydrogen-bond donors (Lipinski definition) is 0. The smallest absolute Gasteiger partial charge is 0.136 e. The van der Waals surface area contributed by atoms with Gasteiger partial charge in [-0.1, -0.05) is 27.7 Å². The number of morpholine rings is 1. The summed E-state index contributed by atoms with van der Waals surface area (Å²) in [6, 6.07) is 2.04. The van der Waals surface area contributed by atoms with E-state index in [1.54, 1.807) is 7.11 Å². The van der Waals surface area contributed by atoms with Crippen LogP contribution in [0.3, 0.4) is 0 Å². The molecule has 5 nitrogen and oxygen atoms in total. The van der Waals surface area contributed by atoms with Gasteiger partial charge in [0.15, 0.2) is 0 Å². The molecule has 0 spiro atoms. The van der Waals surface area contributed by atoms with E-state index >= 15 is 0 Å². The van der Waals surface area contributed by atoms with Gasteiger partial charge < -0.3 is 14.4 Å². The average molecular weight is 307 g/mol. The van der Waals surface area contributed by atoms with E-state index in [0.29, 0.717) is 6.61 Å². The predicted molar refractivity (Wildman–Crippen MR) is 88.3 cm³/mol. The maximum absolute atomic E-state index is 5.93. The van der Waals surface area contributed by atoms with Gasteiger partial charge in [0.25, 0.3) is 0 Å². The third kappa shape index (κ3) is 3.96. The topological polar surface area (TPSA) is 47.5 Å². The number of hydrogen-bond acceptors (Lipinski definition) is 5. The van der Waals surface area contributed by atoms with Crippen LogP contribution in [0.2, 0.25) is 0 Å². The molecule has 1 aromatic heterocycles. The van der Waals surface area contributed by atoms with Gasteiger partial charge in [0.2, 0.25) is 0 Å². The van der Waals surface area contributed by atoms with Gasteiger partial charge in [0.05, 0.1) is 24.5 Å². The molecule has 1 fully saturated rings. The second-order valence-corrected chi connectivity index (χ2v) is 7.30. The molecule has 0 aromatic carbocycles. The van der Waals surface area contributed by atoms with Crippen LogP contribution in [-0.2, 0) is 21.5 Å². The molecular formula is C17H29N3O2. The molecule has 2 heterocycles. The largest absolute Gasteiger partial charge is 0.378 e. The minimum absolute atomic E-state index is 0.0845. The lowest BCUT2D eigenvalue weighted by Crippen LogP contribution is -2.50. The quantitative estimate of drug-likeness (QED) is 0.856. The molecule has 0 bridgehead atoms. The summed E-state index contributed by atoms with van der Waals surface area (Å²) < 4.78 is 11.2. The molecular weight excluding hydrogens is 278 g/mol. The first-order valence-corrected chi connectivity index (χ1v) is 8.04. The van der Waals surface area contributed by atoms with Crippen molar-refractivity contribution in [1.82, 2.24) is 9.97 Å². The lowest BCUT2D eigenvalue weighted by molar-refractivity contribution is -0.0443. The highest BCUT2D eigenvalue weighted by Gasteiger charge is 2.31. The Morgan fingerprint density at radius 1 is 1.36 bits per heavy atom. The van der Waals surface area contributed by atoms with Crippen LogP contribution < -0.4 is 4.90 Å². The van der Waals surface area contributed by atoms with Crippen molar-refractivity contribution in [2.45, 2.75) is 58.7 Å². The van der Waals surface area contributed by atoms with E-state index in [4.69, 9.17) is 14.5 Å². The van der Waals surface area contributed by atoms with Crippen LogP contribution in [0.4, 0.5) is 5.82 Å². The second-order valence-electron chi connectivity index (χ2n) is 7.30. The molecule has 1 aromatic rings. The van der Waals surface area contributed by atoms with Crippen molar-refractivity contribution < 1.29 is 9.47 Å². The number of methoxy groups -OCH3 is 1. The molecule has 1 saturated heterocycles. The van der Waals surface area contributed by atoms with Gasteiger partial charge in [-0.2, -0.15) is 0 Å². The van der Waals surface area contributed by atoms with Gasteiger partial charge in [-0.25, -0.2) is 9.97 Å². The lowest BCUT2D eigenvalue weighted by Gasteiger charge is -2.41. The van der Waals surface area contributed by atoms with Gasteiger partial charge >= 0.3 is 0 Å². The summed E-state index contributed by atoms with van der Waals surface area (Å²) >= 11 is 0. The Morgan fingerprint density at radius 2 is 2.09 bits per heavy atom. The van der Waals surface area contributed by atoms with Crippen molar-refractivity contribution in [1.29, 1.82) is 0 Å². The zero-order valence-corrected chi connectivity index (χ0v) is 14.8.